The number of benzene rings is 1. The average Bonchev–Trinajstić information content (AvgIpc) is 3.40. The fourth-order valence-corrected chi connectivity index (χ4v) is 5.08. The number of rotatable bonds is 5. The molecule has 0 atom stereocenters. The molecule has 1 fully saturated rings. The largest absolute Gasteiger partial charge is 0.459 e. The molecule has 1 aliphatic heterocycles. The second kappa shape index (κ2) is 7.41. The van der Waals surface area contributed by atoms with Gasteiger partial charge in [-0.05, 0) is 37.5 Å². The molecule has 0 bridgehead atoms. The van der Waals surface area contributed by atoms with E-state index in [9.17, 15) is 18.5 Å². The van der Waals surface area contributed by atoms with Crippen molar-refractivity contribution in [2.24, 2.45) is 0 Å². The highest BCUT2D eigenvalue weighted by Gasteiger charge is 2.33. The fraction of sp³-hybridized carbons (Fsp3) is 0.333. The molecule has 3 heterocycles. The van der Waals surface area contributed by atoms with Gasteiger partial charge in [0.15, 0.2) is 5.76 Å². The monoisotopic (exact) mass is 418 g/mol. The summed E-state index contributed by atoms with van der Waals surface area (Å²) >= 11 is 0. The summed E-state index contributed by atoms with van der Waals surface area (Å²) in [6.07, 6.45) is 2.53. The molecule has 11 heteroatoms. The maximum Gasteiger partial charge on any atom is 0.283 e. The standard InChI is InChI=1S/C18H18N4O6S/c1-12-4-5-14(22(23)24)11-16(12)29(25,26)21-8-6-13(7-9-21)17-19-20-18(28-17)15-3-2-10-27-15/h2-5,10-11,13H,6-9H2,1H3. The van der Waals surface area contributed by atoms with Crippen LogP contribution in [0.2, 0.25) is 0 Å². The van der Waals surface area contributed by atoms with E-state index in [-0.39, 0.29) is 35.5 Å². The van der Waals surface area contributed by atoms with Gasteiger partial charge < -0.3 is 8.83 Å². The van der Waals surface area contributed by atoms with Crippen LogP contribution in [0.5, 0.6) is 0 Å². The molecule has 29 heavy (non-hydrogen) atoms. The first-order valence-electron chi connectivity index (χ1n) is 8.99. The van der Waals surface area contributed by atoms with Crippen molar-refractivity contribution in [2.75, 3.05) is 13.1 Å². The van der Waals surface area contributed by atoms with E-state index in [1.54, 1.807) is 19.1 Å². The van der Waals surface area contributed by atoms with Gasteiger partial charge in [-0.25, -0.2) is 8.42 Å². The molecular weight excluding hydrogens is 400 g/mol. The number of sulfonamides is 1. The Labute approximate surface area is 166 Å². The van der Waals surface area contributed by atoms with Gasteiger partial charge in [-0.3, -0.25) is 10.1 Å². The van der Waals surface area contributed by atoms with Crippen molar-refractivity contribution in [1.82, 2.24) is 14.5 Å². The van der Waals surface area contributed by atoms with Gasteiger partial charge in [-0.2, -0.15) is 4.31 Å². The van der Waals surface area contributed by atoms with E-state index < -0.39 is 14.9 Å². The molecule has 0 saturated carbocycles. The summed E-state index contributed by atoms with van der Waals surface area (Å²) < 4.78 is 38.3. The van der Waals surface area contributed by atoms with Crippen LogP contribution in [0.1, 0.15) is 30.2 Å². The average molecular weight is 418 g/mol. The first-order valence-corrected chi connectivity index (χ1v) is 10.4. The van der Waals surface area contributed by atoms with Gasteiger partial charge in [0.05, 0.1) is 16.1 Å². The summed E-state index contributed by atoms with van der Waals surface area (Å²) in [5, 5.41) is 19.1. The Morgan fingerprint density at radius 1 is 1.21 bits per heavy atom. The zero-order chi connectivity index (χ0) is 20.6. The molecule has 1 aromatic carbocycles. The van der Waals surface area contributed by atoms with Crippen molar-refractivity contribution >= 4 is 15.7 Å². The third-order valence-electron chi connectivity index (χ3n) is 4.98. The van der Waals surface area contributed by atoms with Gasteiger partial charge in [-0.1, -0.05) is 6.07 Å². The van der Waals surface area contributed by atoms with Crippen molar-refractivity contribution in [1.29, 1.82) is 0 Å². The van der Waals surface area contributed by atoms with Crippen LogP contribution < -0.4 is 0 Å². The van der Waals surface area contributed by atoms with Gasteiger partial charge in [0.1, 0.15) is 0 Å². The Bertz CT molecular complexity index is 1130. The zero-order valence-electron chi connectivity index (χ0n) is 15.5. The van der Waals surface area contributed by atoms with Crippen molar-refractivity contribution in [3.8, 4) is 11.7 Å². The van der Waals surface area contributed by atoms with E-state index in [1.807, 2.05) is 0 Å². The van der Waals surface area contributed by atoms with Crippen LogP contribution in [0, 0.1) is 17.0 Å². The lowest BCUT2D eigenvalue weighted by molar-refractivity contribution is -0.385. The van der Waals surface area contributed by atoms with Crippen LogP contribution in [0.25, 0.3) is 11.7 Å². The molecule has 0 spiro atoms. The molecule has 2 aromatic heterocycles. The molecule has 10 nitrogen and oxygen atoms in total. The number of hydrogen-bond acceptors (Lipinski definition) is 8. The summed E-state index contributed by atoms with van der Waals surface area (Å²) in [5.74, 6) is 1.14. The fourth-order valence-electron chi connectivity index (χ4n) is 3.36. The highest BCUT2D eigenvalue weighted by Crippen LogP contribution is 2.33. The Balaban J connectivity index is 1.49. The minimum absolute atomic E-state index is 0.0388. The second-order valence-electron chi connectivity index (χ2n) is 6.81. The SMILES string of the molecule is Cc1ccc([N+](=O)[O-])cc1S(=O)(=O)N1CCC(c2nnc(-c3ccco3)o2)CC1. The number of nitro groups is 1. The van der Waals surface area contributed by atoms with Crippen molar-refractivity contribution < 1.29 is 22.2 Å². The predicted octanol–water partition coefficient (Wildman–Crippen LogP) is 3.11. The highest BCUT2D eigenvalue weighted by molar-refractivity contribution is 7.89. The first-order chi connectivity index (χ1) is 13.9. The van der Waals surface area contributed by atoms with E-state index >= 15 is 0 Å². The van der Waals surface area contributed by atoms with E-state index in [0.29, 0.717) is 30.1 Å². The van der Waals surface area contributed by atoms with E-state index in [1.165, 1.54) is 22.7 Å². The third kappa shape index (κ3) is 3.66. The molecule has 0 N–H and O–H groups in total. The van der Waals surface area contributed by atoms with Crippen LogP contribution in [-0.4, -0.2) is 40.9 Å². The Kier molecular flexibility index (Phi) is 4.92. The first kappa shape index (κ1) is 19.3. The normalized spacial score (nSPS) is 16.2. The number of nitro benzene ring substituents is 1. The van der Waals surface area contributed by atoms with Gasteiger partial charge >= 0.3 is 0 Å². The van der Waals surface area contributed by atoms with Crippen LogP contribution in [0.3, 0.4) is 0 Å². The summed E-state index contributed by atoms with van der Waals surface area (Å²) in [6.45, 7) is 2.14. The van der Waals surface area contributed by atoms with Crippen molar-refractivity contribution in [3.05, 3.63) is 58.2 Å². The van der Waals surface area contributed by atoms with Crippen LogP contribution >= 0.6 is 0 Å². The molecule has 3 aromatic rings. The highest BCUT2D eigenvalue weighted by atomic mass is 32.2. The smallest absolute Gasteiger partial charge is 0.283 e. The molecule has 4 rings (SSSR count). The lowest BCUT2D eigenvalue weighted by atomic mass is 9.98. The predicted molar refractivity (Wildman–Crippen MR) is 101 cm³/mol. The number of non-ortho nitro benzene ring substituents is 1. The molecule has 0 aliphatic carbocycles. The molecule has 152 valence electrons. The number of aryl methyl sites for hydroxylation is 1. The molecule has 0 unspecified atom stereocenters. The molecule has 0 amide bonds. The number of furan rings is 1. The van der Waals surface area contributed by atoms with Gasteiger partial charge in [0.2, 0.25) is 15.9 Å². The molecule has 0 radical (unpaired) electrons. The molecular formula is C18H18N4O6S. The summed E-state index contributed by atoms with van der Waals surface area (Å²) in [4.78, 5) is 10.4. The Morgan fingerprint density at radius 3 is 2.62 bits per heavy atom. The van der Waals surface area contributed by atoms with Gasteiger partial charge in [-0.15, -0.1) is 10.2 Å². The summed E-state index contributed by atoms with van der Waals surface area (Å²) in [6, 6.07) is 7.30. The lowest BCUT2D eigenvalue weighted by Gasteiger charge is -2.30. The second-order valence-corrected chi connectivity index (χ2v) is 8.71. The van der Waals surface area contributed by atoms with Gasteiger partial charge in [0, 0.05) is 31.1 Å². The summed E-state index contributed by atoms with van der Waals surface area (Å²) in [5.41, 5.74) is 0.220. The number of hydrogen-bond donors (Lipinski definition) is 0. The Morgan fingerprint density at radius 2 is 1.97 bits per heavy atom. The number of aromatic nitrogens is 2. The Hall–Kier alpha value is -3.05. The minimum Gasteiger partial charge on any atom is -0.459 e. The maximum absolute atomic E-state index is 13.0. The van der Waals surface area contributed by atoms with Crippen LogP contribution in [0.4, 0.5) is 5.69 Å². The zero-order valence-corrected chi connectivity index (χ0v) is 16.3. The molecule has 1 aliphatic rings. The van der Waals surface area contributed by atoms with Gasteiger partial charge in [0.25, 0.3) is 11.6 Å². The number of piperidine rings is 1. The van der Waals surface area contributed by atoms with E-state index in [0.717, 1.165) is 6.07 Å². The minimum atomic E-state index is -3.84. The summed E-state index contributed by atoms with van der Waals surface area (Å²) in [7, 11) is -3.84. The van der Waals surface area contributed by atoms with Crippen LogP contribution in [0.15, 0.2) is 50.3 Å². The van der Waals surface area contributed by atoms with Crippen molar-refractivity contribution in [3.63, 3.8) is 0 Å². The molecule has 1 saturated heterocycles. The van der Waals surface area contributed by atoms with E-state index in [2.05, 4.69) is 10.2 Å². The quantitative estimate of drug-likeness (QED) is 0.456. The maximum atomic E-state index is 13.0. The van der Waals surface area contributed by atoms with Crippen LogP contribution in [-0.2, 0) is 10.0 Å². The van der Waals surface area contributed by atoms with E-state index in [4.69, 9.17) is 8.83 Å². The third-order valence-corrected chi connectivity index (χ3v) is 7.02. The topological polar surface area (TPSA) is 133 Å². The van der Waals surface area contributed by atoms with Crippen molar-refractivity contribution in [2.45, 2.75) is 30.6 Å². The number of nitrogens with zero attached hydrogens (tertiary/aromatic N) is 4. The lowest BCUT2D eigenvalue weighted by Crippen LogP contribution is -2.38.